The highest BCUT2D eigenvalue weighted by molar-refractivity contribution is 7.80. The molecule has 1 aromatic carbocycles. The van der Waals surface area contributed by atoms with Crippen molar-refractivity contribution in [1.82, 2.24) is 10.3 Å². The monoisotopic (exact) mass is 299 g/mol. The zero-order chi connectivity index (χ0) is 15.2. The minimum Gasteiger partial charge on any atom is -0.392 e. The Balaban J connectivity index is 2.10. The molecular weight excluding hydrogens is 282 g/mol. The number of thiocarbonyl (C=S) groups is 1. The van der Waals surface area contributed by atoms with Gasteiger partial charge in [-0.2, -0.15) is 0 Å². The van der Waals surface area contributed by atoms with Gasteiger partial charge in [0.2, 0.25) is 5.91 Å². The Hall–Kier alpha value is -2.27. The highest BCUT2D eigenvalue weighted by Gasteiger charge is 2.23. The predicted octanol–water partition coefficient (Wildman–Crippen LogP) is 2.08. The number of hydrogen-bond donors (Lipinski definition) is 2. The molecule has 1 heterocycles. The van der Waals surface area contributed by atoms with Crippen LogP contribution in [0.25, 0.3) is 0 Å². The molecule has 1 amide bonds. The lowest BCUT2D eigenvalue weighted by molar-refractivity contribution is -0.121. The number of rotatable bonds is 5. The summed E-state index contributed by atoms with van der Waals surface area (Å²) in [5.41, 5.74) is 8.58. The van der Waals surface area contributed by atoms with Gasteiger partial charge in [-0.15, -0.1) is 0 Å². The second kappa shape index (κ2) is 6.95. The van der Waals surface area contributed by atoms with Gasteiger partial charge in [-0.25, -0.2) is 0 Å². The molecule has 2 rings (SSSR count). The van der Waals surface area contributed by atoms with Crippen LogP contribution >= 0.6 is 12.2 Å². The maximum absolute atomic E-state index is 12.4. The number of hydrogen-bond acceptors (Lipinski definition) is 3. The van der Waals surface area contributed by atoms with Crippen LogP contribution in [-0.4, -0.2) is 15.9 Å². The summed E-state index contributed by atoms with van der Waals surface area (Å²) in [7, 11) is 0. The molecule has 0 saturated carbocycles. The number of pyridine rings is 1. The largest absolute Gasteiger partial charge is 0.392 e. The Kier molecular flexibility index (Phi) is 5.00. The molecule has 0 aliphatic rings. The summed E-state index contributed by atoms with van der Waals surface area (Å²) in [6.07, 6.45) is 3.47. The molecule has 0 aliphatic heterocycles. The number of aromatic nitrogens is 1. The maximum Gasteiger partial charge on any atom is 0.234 e. The smallest absolute Gasteiger partial charge is 0.234 e. The number of nitrogens with zero attached hydrogens (tertiary/aromatic N) is 1. The summed E-state index contributed by atoms with van der Waals surface area (Å²) < 4.78 is 0. The van der Waals surface area contributed by atoms with Gasteiger partial charge in [-0.3, -0.25) is 9.78 Å². The second-order valence-corrected chi connectivity index (χ2v) is 5.24. The van der Waals surface area contributed by atoms with E-state index in [1.54, 1.807) is 12.4 Å². The van der Waals surface area contributed by atoms with Gasteiger partial charge < -0.3 is 11.1 Å². The van der Waals surface area contributed by atoms with Crippen LogP contribution in [0.3, 0.4) is 0 Å². The number of aryl methyl sites for hydroxylation is 1. The van der Waals surface area contributed by atoms with E-state index in [4.69, 9.17) is 18.0 Å². The molecule has 0 aliphatic carbocycles. The Morgan fingerprint density at radius 3 is 2.67 bits per heavy atom. The Labute approximate surface area is 129 Å². The molecule has 0 saturated heterocycles. The van der Waals surface area contributed by atoms with Crippen molar-refractivity contribution >= 4 is 23.1 Å². The molecule has 2 aromatic rings. The minimum absolute atomic E-state index is 0.168. The molecule has 1 unspecified atom stereocenters. The summed E-state index contributed by atoms with van der Waals surface area (Å²) in [6, 6.07) is 11.2. The first-order valence-electron chi connectivity index (χ1n) is 6.61. The molecule has 0 spiro atoms. The fourth-order valence-corrected chi connectivity index (χ4v) is 2.30. The summed E-state index contributed by atoms with van der Waals surface area (Å²) in [4.78, 5) is 16.6. The van der Waals surface area contributed by atoms with E-state index < -0.39 is 5.92 Å². The van der Waals surface area contributed by atoms with Gasteiger partial charge in [-0.05, 0) is 29.7 Å². The molecule has 0 fully saturated rings. The number of benzene rings is 1. The van der Waals surface area contributed by atoms with Crippen LogP contribution in [0.15, 0.2) is 48.8 Å². The number of nitrogens with one attached hydrogen (secondary N) is 1. The van der Waals surface area contributed by atoms with Crippen molar-refractivity contribution in [3.8, 4) is 0 Å². The highest BCUT2D eigenvalue weighted by Crippen LogP contribution is 2.16. The average molecular weight is 299 g/mol. The molecule has 3 N–H and O–H groups in total. The molecule has 0 radical (unpaired) electrons. The van der Waals surface area contributed by atoms with E-state index in [0.717, 1.165) is 16.7 Å². The quantitative estimate of drug-likeness (QED) is 0.829. The van der Waals surface area contributed by atoms with E-state index >= 15 is 0 Å². The summed E-state index contributed by atoms with van der Waals surface area (Å²) in [5.74, 6) is -0.810. The molecular formula is C16H17N3OS. The third-order valence-electron chi connectivity index (χ3n) is 3.28. The van der Waals surface area contributed by atoms with Gasteiger partial charge in [0.25, 0.3) is 0 Å². The van der Waals surface area contributed by atoms with Crippen LogP contribution in [0.5, 0.6) is 0 Å². The SMILES string of the molecule is Cc1ccncc1CNC(=O)C(C(N)=S)c1ccccc1. The summed E-state index contributed by atoms with van der Waals surface area (Å²) in [6.45, 7) is 2.38. The molecule has 108 valence electrons. The first-order chi connectivity index (χ1) is 10.1. The van der Waals surface area contributed by atoms with Crippen LogP contribution in [0.2, 0.25) is 0 Å². The second-order valence-electron chi connectivity index (χ2n) is 4.77. The first kappa shape index (κ1) is 15.1. The minimum atomic E-state index is -0.613. The van der Waals surface area contributed by atoms with Crippen LogP contribution in [-0.2, 0) is 11.3 Å². The summed E-state index contributed by atoms with van der Waals surface area (Å²) >= 11 is 5.04. The van der Waals surface area contributed by atoms with Crippen LogP contribution < -0.4 is 11.1 Å². The van der Waals surface area contributed by atoms with Crippen LogP contribution in [0.1, 0.15) is 22.6 Å². The number of carbonyl (C=O) groups is 1. The third kappa shape index (κ3) is 3.86. The molecule has 0 bridgehead atoms. The lowest BCUT2D eigenvalue weighted by atomic mass is 9.98. The summed E-state index contributed by atoms with van der Waals surface area (Å²) in [5, 5.41) is 2.87. The average Bonchev–Trinajstić information content (AvgIpc) is 2.47. The molecule has 4 nitrogen and oxygen atoms in total. The predicted molar refractivity (Wildman–Crippen MR) is 86.8 cm³/mol. The van der Waals surface area contributed by atoms with Gasteiger partial charge in [-0.1, -0.05) is 42.5 Å². The van der Waals surface area contributed by atoms with Crippen molar-refractivity contribution in [2.45, 2.75) is 19.4 Å². The van der Waals surface area contributed by atoms with Crippen molar-refractivity contribution in [2.24, 2.45) is 5.73 Å². The number of nitrogens with two attached hydrogens (primary N) is 1. The number of amides is 1. The van der Waals surface area contributed by atoms with Crippen LogP contribution in [0, 0.1) is 6.92 Å². The zero-order valence-corrected chi connectivity index (χ0v) is 12.6. The van der Waals surface area contributed by atoms with Gasteiger partial charge >= 0.3 is 0 Å². The zero-order valence-electron chi connectivity index (χ0n) is 11.7. The lowest BCUT2D eigenvalue weighted by Crippen LogP contribution is -2.36. The van der Waals surface area contributed by atoms with Crippen molar-refractivity contribution < 1.29 is 4.79 Å². The van der Waals surface area contributed by atoms with E-state index in [1.165, 1.54) is 0 Å². The molecule has 1 atom stereocenters. The van der Waals surface area contributed by atoms with Crippen molar-refractivity contribution in [3.05, 3.63) is 65.5 Å². The maximum atomic E-state index is 12.4. The molecule has 5 heteroatoms. The van der Waals surface area contributed by atoms with Crippen molar-refractivity contribution in [3.63, 3.8) is 0 Å². The highest BCUT2D eigenvalue weighted by atomic mass is 32.1. The van der Waals surface area contributed by atoms with Gasteiger partial charge in [0, 0.05) is 18.9 Å². The molecule has 1 aromatic heterocycles. The lowest BCUT2D eigenvalue weighted by Gasteiger charge is -2.16. The van der Waals surface area contributed by atoms with E-state index in [2.05, 4.69) is 10.3 Å². The Bertz CT molecular complexity index is 643. The van der Waals surface area contributed by atoms with E-state index in [0.29, 0.717) is 6.54 Å². The van der Waals surface area contributed by atoms with Crippen LogP contribution in [0.4, 0.5) is 0 Å². The Morgan fingerprint density at radius 1 is 1.33 bits per heavy atom. The van der Waals surface area contributed by atoms with Crippen molar-refractivity contribution in [1.29, 1.82) is 0 Å². The van der Waals surface area contributed by atoms with E-state index in [9.17, 15) is 4.79 Å². The van der Waals surface area contributed by atoms with E-state index in [-0.39, 0.29) is 10.9 Å². The van der Waals surface area contributed by atoms with Gasteiger partial charge in [0.05, 0.1) is 4.99 Å². The Morgan fingerprint density at radius 2 is 2.05 bits per heavy atom. The van der Waals surface area contributed by atoms with Gasteiger partial charge in [0.15, 0.2) is 0 Å². The topological polar surface area (TPSA) is 68.0 Å². The van der Waals surface area contributed by atoms with Crippen molar-refractivity contribution in [2.75, 3.05) is 0 Å². The fraction of sp³-hybridized carbons (Fsp3) is 0.188. The standard InChI is InChI=1S/C16H17N3OS/c1-11-7-8-18-9-13(11)10-19-16(20)14(15(17)21)12-5-3-2-4-6-12/h2-9,14H,10H2,1H3,(H2,17,21)(H,19,20). The fourth-order valence-electron chi connectivity index (χ4n) is 2.06. The first-order valence-corrected chi connectivity index (χ1v) is 7.02. The van der Waals surface area contributed by atoms with Gasteiger partial charge in [0.1, 0.15) is 5.92 Å². The van der Waals surface area contributed by atoms with E-state index in [1.807, 2.05) is 43.3 Å². The third-order valence-corrected chi connectivity index (χ3v) is 3.52. The number of carbonyl (C=O) groups excluding carboxylic acids is 1. The molecule has 21 heavy (non-hydrogen) atoms. The normalized spacial score (nSPS) is 11.7.